The third-order valence-electron chi connectivity index (χ3n) is 8.94. The van der Waals surface area contributed by atoms with Gasteiger partial charge in [0.2, 0.25) is 0 Å². The molecular formula is C37H41NO11S. The lowest BCUT2D eigenvalue weighted by atomic mass is 9.83. The summed E-state index contributed by atoms with van der Waals surface area (Å²) in [5, 5.41) is 39.0. The van der Waals surface area contributed by atoms with Gasteiger partial charge in [-0.15, -0.1) is 0 Å². The second kappa shape index (κ2) is 15.3. The van der Waals surface area contributed by atoms with Crippen LogP contribution in [0.2, 0.25) is 0 Å². The number of ether oxygens (including phenoxy) is 6. The molecule has 266 valence electrons. The summed E-state index contributed by atoms with van der Waals surface area (Å²) in [6.45, 7) is 5.06. The first-order valence-corrected chi connectivity index (χ1v) is 17.5. The van der Waals surface area contributed by atoms with Gasteiger partial charge in [0, 0.05) is 68.2 Å². The van der Waals surface area contributed by atoms with Crippen molar-refractivity contribution in [2.75, 3.05) is 90.9 Å². The summed E-state index contributed by atoms with van der Waals surface area (Å²) in [4.78, 5) is 27.4. The molecule has 4 N–H and O–H groups in total. The Labute approximate surface area is 292 Å². The predicted molar refractivity (Wildman–Crippen MR) is 197 cm³/mol. The number of rotatable bonds is 18. The number of methoxy groups -OCH3 is 3. The van der Waals surface area contributed by atoms with Gasteiger partial charge in [0.15, 0.2) is 28.1 Å². The highest BCUT2D eigenvalue weighted by atomic mass is 32.2. The highest BCUT2D eigenvalue weighted by molar-refractivity contribution is 7.99. The molecule has 0 spiro atoms. The molecule has 0 fully saturated rings. The van der Waals surface area contributed by atoms with Crippen molar-refractivity contribution in [2.45, 2.75) is 13.3 Å². The molecule has 0 amide bonds. The number of thioether (sulfide) groups is 1. The molecule has 0 saturated heterocycles. The molecule has 0 radical (unpaired) electrons. The van der Waals surface area contributed by atoms with Crippen LogP contribution in [0.1, 0.15) is 18.1 Å². The van der Waals surface area contributed by atoms with Gasteiger partial charge in [-0.2, -0.15) is 11.8 Å². The second-order valence-electron chi connectivity index (χ2n) is 11.9. The molecule has 0 saturated carbocycles. The SMILES string of the molecule is COc1c(O)c2c(=O)cc(OC)c3c4c(OC)cc(=O)c5c(O)c(NCCSCCOCCOCCOCCO)c6c(c(c1CC(C)=C6)c23)c54. The van der Waals surface area contributed by atoms with E-state index >= 15 is 0 Å². The average molecular weight is 708 g/mol. The van der Waals surface area contributed by atoms with Gasteiger partial charge >= 0.3 is 0 Å². The van der Waals surface area contributed by atoms with Crippen LogP contribution in [0.4, 0.5) is 5.69 Å². The van der Waals surface area contributed by atoms with Crippen LogP contribution in [0, 0.1) is 0 Å². The number of nitrogens with one attached hydrogen (secondary N) is 1. The number of hydrogen-bond donors (Lipinski definition) is 4. The molecule has 13 heteroatoms. The van der Waals surface area contributed by atoms with E-state index in [1.54, 1.807) is 11.8 Å². The summed E-state index contributed by atoms with van der Waals surface area (Å²) in [6, 6.07) is 2.65. The Morgan fingerprint density at radius 1 is 0.700 bits per heavy atom. The molecule has 0 bridgehead atoms. The van der Waals surface area contributed by atoms with Crippen molar-refractivity contribution in [3.63, 3.8) is 0 Å². The number of phenols is 2. The number of fused-ring (bicyclic) bond motifs is 1. The van der Waals surface area contributed by atoms with Crippen LogP contribution < -0.4 is 30.4 Å². The normalized spacial score (nSPS) is 12.8. The number of anilines is 1. The zero-order chi connectivity index (χ0) is 35.5. The first-order chi connectivity index (χ1) is 24.3. The Morgan fingerprint density at radius 2 is 1.28 bits per heavy atom. The Morgan fingerprint density at radius 3 is 1.88 bits per heavy atom. The summed E-state index contributed by atoms with van der Waals surface area (Å²) >= 11 is 1.68. The van der Waals surface area contributed by atoms with Crippen molar-refractivity contribution < 1.29 is 43.7 Å². The van der Waals surface area contributed by atoms with Crippen molar-refractivity contribution in [3.05, 3.63) is 49.3 Å². The van der Waals surface area contributed by atoms with E-state index in [-0.39, 0.29) is 46.1 Å². The lowest BCUT2D eigenvalue weighted by Crippen LogP contribution is -2.12. The Bertz CT molecular complexity index is 2190. The first kappa shape index (κ1) is 35.6. The largest absolute Gasteiger partial charge is 0.505 e. The van der Waals surface area contributed by atoms with Crippen LogP contribution >= 0.6 is 11.8 Å². The maximum absolute atomic E-state index is 13.8. The molecule has 6 rings (SSSR count). The minimum absolute atomic E-state index is 0.00904. The second-order valence-corrected chi connectivity index (χ2v) is 13.1. The number of hydrogen-bond acceptors (Lipinski definition) is 13. The molecule has 0 unspecified atom stereocenters. The number of phenolic OH excluding ortho intramolecular Hbond substituents is 2. The van der Waals surface area contributed by atoms with Crippen LogP contribution in [0.5, 0.6) is 28.7 Å². The summed E-state index contributed by atoms with van der Waals surface area (Å²) in [5.74, 6) is 1.70. The maximum Gasteiger partial charge on any atom is 0.194 e. The number of aromatic hydroxyl groups is 2. The van der Waals surface area contributed by atoms with Gasteiger partial charge in [-0.3, -0.25) is 9.59 Å². The van der Waals surface area contributed by atoms with Gasteiger partial charge in [-0.05, 0) is 18.7 Å². The molecule has 5 aromatic carbocycles. The molecule has 0 aromatic heterocycles. The van der Waals surface area contributed by atoms with Gasteiger partial charge < -0.3 is 49.1 Å². The van der Waals surface area contributed by atoms with Crippen LogP contribution in [0.3, 0.4) is 0 Å². The summed E-state index contributed by atoms with van der Waals surface area (Å²) < 4.78 is 33.5. The van der Waals surface area contributed by atoms with E-state index in [2.05, 4.69) is 5.32 Å². The predicted octanol–water partition coefficient (Wildman–Crippen LogP) is 4.48. The zero-order valence-corrected chi connectivity index (χ0v) is 29.3. The number of aliphatic hydroxyl groups is 1. The number of allylic oxidation sites excluding steroid dienone is 1. The van der Waals surface area contributed by atoms with Gasteiger partial charge in [-0.1, -0.05) is 11.6 Å². The van der Waals surface area contributed by atoms with Gasteiger partial charge in [0.05, 0.1) is 84.0 Å². The highest BCUT2D eigenvalue weighted by Crippen LogP contribution is 2.56. The Balaban J connectivity index is 1.40. The van der Waals surface area contributed by atoms with Gasteiger partial charge in [0.1, 0.15) is 11.5 Å². The molecule has 1 aliphatic rings. The fourth-order valence-corrected chi connectivity index (χ4v) is 7.68. The van der Waals surface area contributed by atoms with Crippen LogP contribution in [-0.4, -0.2) is 101 Å². The standard InChI is InChI=1S/C37H41NO11S/c1-19-15-20-26-27-21(16-19)37(46-4)36(43)29-23(41)18-25(45-3)31(33(27)29)30-24(44-2)17-22(40)28(32(26)30)35(42)34(20)38-5-13-50-14-12-49-11-10-48-9-8-47-7-6-39/h15,17-18,38-39,42-43H,5-14,16H2,1-4H3. The maximum atomic E-state index is 13.8. The molecule has 0 heterocycles. The van der Waals surface area contributed by atoms with Crippen LogP contribution in [-0.2, 0) is 20.6 Å². The third kappa shape index (κ3) is 6.17. The highest BCUT2D eigenvalue weighted by Gasteiger charge is 2.33. The lowest BCUT2D eigenvalue weighted by Gasteiger charge is -2.24. The van der Waals surface area contributed by atoms with Crippen molar-refractivity contribution in [3.8, 4) is 28.7 Å². The fraction of sp³-hybridized carbons (Fsp3) is 0.405. The van der Waals surface area contributed by atoms with E-state index in [1.165, 1.54) is 33.5 Å². The summed E-state index contributed by atoms with van der Waals surface area (Å²) in [5.41, 5.74) is 1.77. The average Bonchev–Trinajstić information content (AvgIpc) is 3.25. The molecule has 1 aliphatic carbocycles. The molecule has 50 heavy (non-hydrogen) atoms. The van der Waals surface area contributed by atoms with E-state index in [0.717, 1.165) is 11.3 Å². The van der Waals surface area contributed by atoms with E-state index < -0.39 is 10.9 Å². The van der Waals surface area contributed by atoms with E-state index in [1.807, 2.05) is 13.0 Å². The Hall–Kier alpha value is -4.27. The smallest absolute Gasteiger partial charge is 0.194 e. The van der Waals surface area contributed by atoms with Crippen molar-refractivity contribution in [1.82, 2.24) is 0 Å². The van der Waals surface area contributed by atoms with Crippen molar-refractivity contribution >= 4 is 66.6 Å². The molecular weight excluding hydrogens is 666 g/mol. The van der Waals surface area contributed by atoms with Gasteiger partial charge in [-0.25, -0.2) is 0 Å². The summed E-state index contributed by atoms with van der Waals surface area (Å²) in [6.07, 6.45) is 2.35. The quantitative estimate of drug-likeness (QED) is 0.0437. The minimum atomic E-state index is -0.441. The Kier molecular flexibility index (Phi) is 10.9. The van der Waals surface area contributed by atoms with E-state index in [9.17, 15) is 19.8 Å². The third-order valence-corrected chi connectivity index (χ3v) is 9.89. The van der Waals surface area contributed by atoms with E-state index in [0.29, 0.717) is 107 Å². The monoisotopic (exact) mass is 707 g/mol. The molecule has 5 aromatic rings. The van der Waals surface area contributed by atoms with Gasteiger partial charge in [0.25, 0.3) is 0 Å². The number of benzene rings is 5. The lowest BCUT2D eigenvalue weighted by molar-refractivity contribution is 0.0100. The topological polar surface area (TPSA) is 162 Å². The summed E-state index contributed by atoms with van der Waals surface area (Å²) in [7, 11) is 4.37. The first-order valence-electron chi connectivity index (χ1n) is 16.4. The van der Waals surface area contributed by atoms with Crippen LogP contribution in [0.15, 0.2) is 27.3 Å². The molecule has 0 aliphatic heterocycles. The zero-order valence-electron chi connectivity index (χ0n) is 28.5. The molecule has 0 atom stereocenters. The van der Waals surface area contributed by atoms with Crippen molar-refractivity contribution in [1.29, 1.82) is 0 Å². The van der Waals surface area contributed by atoms with Crippen LogP contribution in [0.25, 0.3) is 49.2 Å². The van der Waals surface area contributed by atoms with E-state index in [4.69, 9.17) is 33.5 Å². The minimum Gasteiger partial charge on any atom is -0.505 e. The van der Waals surface area contributed by atoms with Crippen molar-refractivity contribution in [2.24, 2.45) is 0 Å². The fourth-order valence-electron chi connectivity index (χ4n) is 6.99. The number of aliphatic hydroxyl groups excluding tert-OH is 1. The molecule has 12 nitrogen and oxygen atoms in total.